The van der Waals surface area contributed by atoms with Gasteiger partial charge in [-0.15, -0.1) is 0 Å². The fraction of sp³-hybridized carbons (Fsp3) is 0.286. The smallest absolute Gasteiger partial charge is 0.338 e. The number of methoxy groups -OCH3 is 1. The highest BCUT2D eigenvalue weighted by atomic mass is 35.5. The molecule has 0 amide bonds. The molecule has 0 N–H and O–H groups in total. The van der Waals surface area contributed by atoms with Crippen LogP contribution in [-0.4, -0.2) is 30.9 Å². The SMILES string of the molecule is CCCC1=C(C(=O)OCC)[C@H](c2cc(Cl)ccc2OC)n2c(s/c(=C/c3ccc(OCc4ccc(Cl)cc4Cl)c(OCC)c3)c2=O)=N1. The highest BCUT2D eigenvalue weighted by molar-refractivity contribution is 7.07. The number of hydrogen-bond acceptors (Lipinski definition) is 8. The molecular weight excluding hydrogens is 683 g/mol. The minimum absolute atomic E-state index is 0.167. The molecule has 0 bridgehead atoms. The lowest BCUT2D eigenvalue weighted by molar-refractivity contribution is -0.139. The topological polar surface area (TPSA) is 88.4 Å². The molecule has 0 radical (unpaired) electrons. The summed E-state index contributed by atoms with van der Waals surface area (Å²) in [6.07, 6.45) is 3.01. The van der Waals surface area contributed by atoms with Gasteiger partial charge in [-0.25, -0.2) is 9.79 Å². The third-order valence-corrected chi connectivity index (χ3v) is 9.15. The Kier molecular flexibility index (Phi) is 11.3. The van der Waals surface area contributed by atoms with Gasteiger partial charge in [-0.1, -0.05) is 71.6 Å². The van der Waals surface area contributed by atoms with Crippen LogP contribution in [0, 0.1) is 0 Å². The molecule has 8 nitrogen and oxygen atoms in total. The van der Waals surface area contributed by atoms with Crippen molar-refractivity contribution in [1.82, 2.24) is 4.57 Å². The van der Waals surface area contributed by atoms with Crippen LogP contribution in [0.4, 0.5) is 0 Å². The molecule has 0 saturated carbocycles. The first-order valence-electron chi connectivity index (χ1n) is 15.1. The van der Waals surface area contributed by atoms with Crippen LogP contribution in [0.3, 0.4) is 0 Å². The second-order valence-electron chi connectivity index (χ2n) is 10.5. The summed E-state index contributed by atoms with van der Waals surface area (Å²) in [5, 5.41) is 1.48. The van der Waals surface area contributed by atoms with Crippen LogP contribution >= 0.6 is 46.1 Å². The normalized spacial score (nSPS) is 14.4. The first kappa shape index (κ1) is 34.6. The number of thiazole rings is 1. The summed E-state index contributed by atoms with van der Waals surface area (Å²) in [7, 11) is 1.53. The Bertz CT molecular complexity index is 2020. The third kappa shape index (κ3) is 7.54. The molecule has 1 aromatic heterocycles. The zero-order valence-corrected chi connectivity index (χ0v) is 29.4. The van der Waals surface area contributed by atoms with E-state index in [-0.39, 0.29) is 24.3 Å². The average Bonchev–Trinajstić information content (AvgIpc) is 3.35. The number of ether oxygens (including phenoxy) is 4. The van der Waals surface area contributed by atoms with E-state index in [1.54, 1.807) is 49.4 Å². The number of halogens is 3. The number of esters is 1. The van der Waals surface area contributed by atoms with Gasteiger partial charge >= 0.3 is 5.97 Å². The van der Waals surface area contributed by atoms with E-state index in [1.165, 1.54) is 23.0 Å². The second kappa shape index (κ2) is 15.4. The Morgan fingerprint density at radius 1 is 0.936 bits per heavy atom. The van der Waals surface area contributed by atoms with Gasteiger partial charge in [-0.05, 0) is 74.4 Å². The Morgan fingerprint density at radius 2 is 1.68 bits per heavy atom. The number of carbonyl (C=O) groups excluding carboxylic acids is 1. The van der Waals surface area contributed by atoms with Crippen molar-refractivity contribution in [2.24, 2.45) is 4.99 Å². The van der Waals surface area contributed by atoms with E-state index in [1.807, 2.05) is 32.0 Å². The molecule has 1 atom stereocenters. The van der Waals surface area contributed by atoms with Gasteiger partial charge in [-0.2, -0.15) is 0 Å². The average molecular weight is 716 g/mol. The summed E-state index contributed by atoms with van der Waals surface area (Å²) < 4.78 is 25.1. The van der Waals surface area contributed by atoms with E-state index in [4.69, 9.17) is 58.7 Å². The number of hydrogen-bond donors (Lipinski definition) is 0. The number of allylic oxidation sites excluding steroid dienone is 1. The molecular formula is C35H33Cl3N2O6S. The van der Waals surface area contributed by atoms with Crippen molar-refractivity contribution in [2.45, 2.75) is 46.3 Å². The van der Waals surface area contributed by atoms with Crippen molar-refractivity contribution in [2.75, 3.05) is 20.3 Å². The molecule has 0 aliphatic carbocycles. The highest BCUT2D eigenvalue weighted by Gasteiger charge is 2.36. The molecule has 246 valence electrons. The van der Waals surface area contributed by atoms with Crippen LogP contribution in [0.15, 0.2) is 75.7 Å². The van der Waals surface area contributed by atoms with Crippen molar-refractivity contribution in [3.8, 4) is 17.2 Å². The van der Waals surface area contributed by atoms with Gasteiger partial charge in [0, 0.05) is 26.2 Å². The molecule has 1 aliphatic rings. The molecule has 12 heteroatoms. The molecule has 3 aromatic carbocycles. The lowest BCUT2D eigenvalue weighted by Crippen LogP contribution is -2.40. The van der Waals surface area contributed by atoms with E-state index < -0.39 is 12.0 Å². The largest absolute Gasteiger partial charge is 0.496 e. The second-order valence-corrected chi connectivity index (χ2v) is 12.8. The predicted molar refractivity (Wildman–Crippen MR) is 186 cm³/mol. The number of carbonyl (C=O) groups is 1. The van der Waals surface area contributed by atoms with Gasteiger partial charge < -0.3 is 18.9 Å². The van der Waals surface area contributed by atoms with Gasteiger partial charge in [0.1, 0.15) is 18.4 Å². The Morgan fingerprint density at radius 3 is 2.38 bits per heavy atom. The van der Waals surface area contributed by atoms with Crippen molar-refractivity contribution >= 4 is 58.2 Å². The first-order chi connectivity index (χ1) is 22.7. The van der Waals surface area contributed by atoms with Crippen LogP contribution < -0.4 is 29.1 Å². The lowest BCUT2D eigenvalue weighted by atomic mass is 9.93. The fourth-order valence-corrected chi connectivity index (χ4v) is 6.95. The Labute approximate surface area is 291 Å². The number of fused-ring (bicyclic) bond motifs is 1. The van der Waals surface area contributed by atoms with Gasteiger partial charge in [0.05, 0.1) is 36.1 Å². The van der Waals surface area contributed by atoms with Crippen LogP contribution in [0.5, 0.6) is 17.2 Å². The van der Waals surface area contributed by atoms with Crippen LogP contribution in [0.1, 0.15) is 56.3 Å². The molecule has 4 aromatic rings. The van der Waals surface area contributed by atoms with Crippen molar-refractivity contribution in [3.63, 3.8) is 0 Å². The standard InChI is InChI=1S/C35H33Cl3N2O6S/c1-5-8-26-31(34(42)45-7-3)32(24-17-22(36)12-14-27(24)43-4)40-33(41)30(47-35(40)39-26)16-20-9-13-28(29(15-20)44-6-2)46-19-21-10-11-23(37)18-25(21)38/h9-18,32H,5-8,19H2,1-4H3/b30-16+/t32-/m0/s1. The van der Waals surface area contributed by atoms with E-state index in [0.29, 0.717) is 71.5 Å². The summed E-state index contributed by atoms with van der Waals surface area (Å²) in [4.78, 5) is 33.0. The molecule has 47 heavy (non-hydrogen) atoms. The van der Waals surface area contributed by atoms with Crippen LogP contribution in [0.2, 0.25) is 15.1 Å². The Hall–Kier alpha value is -3.76. The maximum absolute atomic E-state index is 14.2. The molecule has 1 aliphatic heterocycles. The summed E-state index contributed by atoms with van der Waals surface area (Å²) >= 11 is 20.0. The lowest BCUT2D eigenvalue weighted by Gasteiger charge is -2.27. The van der Waals surface area contributed by atoms with Crippen LogP contribution in [0.25, 0.3) is 6.08 Å². The maximum atomic E-state index is 14.2. The monoisotopic (exact) mass is 714 g/mol. The molecule has 0 saturated heterocycles. The van der Waals surface area contributed by atoms with E-state index in [0.717, 1.165) is 12.0 Å². The van der Waals surface area contributed by atoms with E-state index >= 15 is 0 Å². The summed E-state index contributed by atoms with van der Waals surface area (Å²) in [5.74, 6) is 0.964. The fourth-order valence-electron chi connectivity index (χ4n) is 5.28. The summed E-state index contributed by atoms with van der Waals surface area (Å²) in [5.41, 5.74) is 2.57. The molecule has 0 spiro atoms. The predicted octanol–water partition coefficient (Wildman–Crippen LogP) is 7.53. The maximum Gasteiger partial charge on any atom is 0.338 e. The molecule has 2 heterocycles. The Balaban J connectivity index is 1.62. The molecule has 0 fully saturated rings. The van der Waals surface area contributed by atoms with Gasteiger partial charge in [0.25, 0.3) is 5.56 Å². The molecule has 5 rings (SSSR count). The van der Waals surface area contributed by atoms with E-state index in [9.17, 15) is 9.59 Å². The zero-order valence-electron chi connectivity index (χ0n) is 26.3. The number of aromatic nitrogens is 1. The molecule has 0 unspecified atom stereocenters. The first-order valence-corrected chi connectivity index (χ1v) is 17.0. The van der Waals surface area contributed by atoms with Crippen molar-refractivity contribution in [3.05, 3.63) is 117 Å². The van der Waals surface area contributed by atoms with Gasteiger partial charge in [-0.3, -0.25) is 9.36 Å². The summed E-state index contributed by atoms with van der Waals surface area (Å²) in [6.45, 7) is 6.40. The van der Waals surface area contributed by atoms with Gasteiger partial charge in [0.15, 0.2) is 16.3 Å². The highest BCUT2D eigenvalue weighted by Crippen LogP contribution is 2.38. The van der Waals surface area contributed by atoms with Crippen molar-refractivity contribution < 1.29 is 23.7 Å². The van der Waals surface area contributed by atoms with Crippen LogP contribution in [-0.2, 0) is 16.1 Å². The number of nitrogens with zero attached hydrogens (tertiary/aromatic N) is 2. The third-order valence-electron chi connectivity index (χ3n) is 7.34. The zero-order chi connectivity index (χ0) is 33.7. The summed E-state index contributed by atoms with van der Waals surface area (Å²) in [6, 6.07) is 14.9. The number of benzene rings is 3. The van der Waals surface area contributed by atoms with Crippen molar-refractivity contribution in [1.29, 1.82) is 0 Å². The van der Waals surface area contributed by atoms with E-state index in [2.05, 4.69) is 0 Å². The number of rotatable bonds is 12. The quantitative estimate of drug-likeness (QED) is 0.141. The minimum Gasteiger partial charge on any atom is -0.496 e. The minimum atomic E-state index is -0.864. The van der Waals surface area contributed by atoms with Gasteiger partial charge in [0.2, 0.25) is 0 Å².